The molecule has 0 aliphatic carbocycles. The molecule has 1 aromatic carbocycles. The van der Waals surface area contributed by atoms with E-state index in [2.05, 4.69) is 10.3 Å². The van der Waals surface area contributed by atoms with Gasteiger partial charge in [-0.1, -0.05) is 0 Å². The van der Waals surface area contributed by atoms with Crippen molar-refractivity contribution in [1.82, 2.24) is 4.90 Å². The molecule has 0 atom stereocenters. The number of nitrogens with one attached hydrogen (secondary N) is 1. The molecule has 5 heteroatoms. The van der Waals surface area contributed by atoms with Gasteiger partial charge in [-0.05, 0) is 30.2 Å². The maximum absolute atomic E-state index is 11.6. The molecule has 0 radical (unpaired) electrons. The second kappa shape index (κ2) is 3.76. The Morgan fingerprint density at radius 3 is 3.18 bits per heavy atom. The van der Waals surface area contributed by atoms with Crippen molar-refractivity contribution in [2.45, 2.75) is 6.42 Å². The van der Waals surface area contributed by atoms with Crippen molar-refractivity contribution in [3.63, 3.8) is 0 Å². The van der Waals surface area contributed by atoms with Gasteiger partial charge in [-0.2, -0.15) is 0 Å². The van der Waals surface area contributed by atoms with Crippen molar-refractivity contribution >= 4 is 17.6 Å². The molecule has 0 spiro atoms. The summed E-state index contributed by atoms with van der Waals surface area (Å²) in [6.07, 6.45) is 0.810. The average molecular weight is 231 g/mol. The Hall–Kier alpha value is -2.04. The van der Waals surface area contributed by atoms with Crippen molar-refractivity contribution in [2.24, 2.45) is 4.99 Å². The molecule has 2 heterocycles. The molecule has 2 aliphatic rings. The Kier molecular flexibility index (Phi) is 2.24. The lowest BCUT2D eigenvalue weighted by molar-refractivity contribution is -0.124. The summed E-state index contributed by atoms with van der Waals surface area (Å²) in [4.78, 5) is 17.5. The van der Waals surface area contributed by atoms with E-state index in [1.165, 1.54) is 0 Å². The third-order valence-electron chi connectivity index (χ3n) is 3.08. The summed E-state index contributed by atoms with van der Waals surface area (Å²) in [6.45, 7) is 0.929. The van der Waals surface area contributed by atoms with Crippen LogP contribution in [0.5, 0.6) is 5.75 Å². The van der Waals surface area contributed by atoms with Gasteiger partial charge in [0.25, 0.3) is 5.91 Å². The van der Waals surface area contributed by atoms with Crippen molar-refractivity contribution in [3.05, 3.63) is 23.8 Å². The molecule has 3 rings (SSSR count). The van der Waals surface area contributed by atoms with Crippen molar-refractivity contribution < 1.29 is 9.53 Å². The molecule has 0 saturated carbocycles. The molecule has 1 N–H and O–H groups in total. The quantitative estimate of drug-likeness (QED) is 0.780. The van der Waals surface area contributed by atoms with Crippen LogP contribution in [-0.2, 0) is 11.2 Å². The second-order valence-corrected chi connectivity index (χ2v) is 4.08. The monoisotopic (exact) mass is 231 g/mol. The number of rotatable bonds is 1. The first-order valence-corrected chi connectivity index (χ1v) is 5.56. The van der Waals surface area contributed by atoms with Gasteiger partial charge < -0.3 is 10.1 Å². The number of carbonyl (C=O) groups is 1. The van der Waals surface area contributed by atoms with Crippen LogP contribution in [0.1, 0.15) is 5.56 Å². The summed E-state index contributed by atoms with van der Waals surface area (Å²) in [5, 5.41) is 3.20. The minimum atomic E-state index is 0.0623. The number of hydrogen-bond donors (Lipinski definition) is 1. The molecule has 17 heavy (non-hydrogen) atoms. The van der Waals surface area contributed by atoms with E-state index in [1.54, 1.807) is 12.0 Å². The molecular formula is C12H13N3O2. The number of benzene rings is 1. The van der Waals surface area contributed by atoms with Gasteiger partial charge >= 0.3 is 0 Å². The summed E-state index contributed by atoms with van der Waals surface area (Å²) in [7, 11) is 1.65. The zero-order chi connectivity index (χ0) is 11.8. The number of ether oxygens (including phenoxy) is 1. The number of fused-ring (bicyclic) bond motifs is 2. The molecule has 0 bridgehead atoms. The zero-order valence-electron chi connectivity index (χ0n) is 9.56. The van der Waals surface area contributed by atoms with Crippen LogP contribution >= 0.6 is 0 Å². The molecule has 0 fully saturated rings. The Morgan fingerprint density at radius 1 is 1.47 bits per heavy atom. The van der Waals surface area contributed by atoms with E-state index < -0.39 is 0 Å². The van der Waals surface area contributed by atoms with Crippen LogP contribution in [-0.4, -0.2) is 37.0 Å². The van der Waals surface area contributed by atoms with Crippen LogP contribution in [0.4, 0.5) is 5.69 Å². The molecule has 0 saturated heterocycles. The molecule has 88 valence electrons. The predicted octanol–water partition coefficient (Wildman–Crippen LogP) is 0.861. The summed E-state index contributed by atoms with van der Waals surface area (Å²) < 4.78 is 5.20. The molecule has 0 aromatic heterocycles. The SMILES string of the molecule is COc1ccc2c(c1)CCN1C(=O)CN=C1N2. The van der Waals surface area contributed by atoms with Crippen molar-refractivity contribution in [2.75, 3.05) is 25.5 Å². The highest BCUT2D eigenvalue weighted by molar-refractivity contribution is 6.09. The van der Waals surface area contributed by atoms with Gasteiger partial charge in [0.05, 0.1) is 7.11 Å². The second-order valence-electron chi connectivity index (χ2n) is 4.08. The predicted molar refractivity (Wildman–Crippen MR) is 64.3 cm³/mol. The lowest BCUT2D eigenvalue weighted by Crippen LogP contribution is -2.36. The topological polar surface area (TPSA) is 53.9 Å². The lowest BCUT2D eigenvalue weighted by atomic mass is 10.1. The summed E-state index contributed by atoms with van der Waals surface area (Å²) in [5.74, 6) is 1.56. The Balaban J connectivity index is 1.97. The van der Waals surface area contributed by atoms with E-state index in [9.17, 15) is 4.79 Å². The smallest absolute Gasteiger partial charge is 0.251 e. The average Bonchev–Trinajstić information content (AvgIpc) is 2.60. The number of carbonyl (C=O) groups excluding carboxylic acids is 1. The maximum atomic E-state index is 11.6. The molecular weight excluding hydrogens is 218 g/mol. The standard InChI is InChI=1S/C12H13N3O2/c1-17-9-2-3-10-8(6-9)4-5-15-11(16)7-13-12(15)14-10/h2-3,6H,4-5,7H2,1H3,(H,13,14). The Morgan fingerprint density at radius 2 is 2.35 bits per heavy atom. The first-order valence-electron chi connectivity index (χ1n) is 5.56. The summed E-state index contributed by atoms with van der Waals surface area (Å²) in [5.41, 5.74) is 2.15. The largest absolute Gasteiger partial charge is 0.497 e. The van der Waals surface area contributed by atoms with Gasteiger partial charge in [0.1, 0.15) is 12.3 Å². The highest BCUT2D eigenvalue weighted by Crippen LogP contribution is 2.26. The fourth-order valence-corrected chi connectivity index (χ4v) is 2.15. The van der Waals surface area contributed by atoms with Crippen LogP contribution < -0.4 is 10.1 Å². The van der Waals surface area contributed by atoms with Crippen LogP contribution in [0.15, 0.2) is 23.2 Å². The lowest BCUT2D eigenvalue weighted by Gasteiger charge is -2.14. The number of hydrogen-bond acceptors (Lipinski definition) is 4. The van der Waals surface area contributed by atoms with E-state index in [-0.39, 0.29) is 12.5 Å². The summed E-state index contributed by atoms with van der Waals surface area (Å²) in [6, 6.07) is 5.86. The van der Waals surface area contributed by atoms with Gasteiger partial charge in [0.2, 0.25) is 5.96 Å². The van der Waals surface area contributed by atoms with Gasteiger partial charge in [-0.15, -0.1) is 0 Å². The number of amides is 1. The molecule has 1 aromatic rings. The van der Waals surface area contributed by atoms with Crippen molar-refractivity contribution in [3.8, 4) is 5.75 Å². The molecule has 5 nitrogen and oxygen atoms in total. The first kappa shape index (κ1) is 10.1. The van der Waals surface area contributed by atoms with Gasteiger partial charge in [0.15, 0.2) is 0 Å². The highest BCUT2D eigenvalue weighted by atomic mass is 16.5. The van der Waals surface area contributed by atoms with Gasteiger partial charge in [-0.25, -0.2) is 4.99 Å². The van der Waals surface area contributed by atoms with Crippen LogP contribution in [0.25, 0.3) is 0 Å². The first-order chi connectivity index (χ1) is 8.28. The fourth-order valence-electron chi connectivity index (χ4n) is 2.15. The van der Waals surface area contributed by atoms with Gasteiger partial charge in [0, 0.05) is 12.2 Å². The van der Waals surface area contributed by atoms with E-state index in [0.29, 0.717) is 12.5 Å². The minimum Gasteiger partial charge on any atom is -0.497 e. The zero-order valence-corrected chi connectivity index (χ0v) is 9.56. The normalized spacial score (nSPS) is 17.8. The van der Waals surface area contributed by atoms with Crippen LogP contribution in [0, 0.1) is 0 Å². The van der Waals surface area contributed by atoms with Crippen LogP contribution in [0.3, 0.4) is 0 Å². The van der Waals surface area contributed by atoms with E-state index in [4.69, 9.17) is 4.74 Å². The number of nitrogens with zero attached hydrogens (tertiary/aromatic N) is 2. The number of anilines is 1. The maximum Gasteiger partial charge on any atom is 0.251 e. The number of methoxy groups -OCH3 is 1. The Bertz CT molecular complexity index is 510. The van der Waals surface area contributed by atoms with Gasteiger partial charge in [-0.3, -0.25) is 9.69 Å². The highest BCUT2D eigenvalue weighted by Gasteiger charge is 2.28. The van der Waals surface area contributed by atoms with Crippen molar-refractivity contribution in [1.29, 1.82) is 0 Å². The van der Waals surface area contributed by atoms with E-state index >= 15 is 0 Å². The minimum absolute atomic E-state index is 0.0623. The molecule has 2 aliphatic heterocycles. The van der Waals surface area contributed by atoms with E-state index in [1.807, 2.05) is 18.2 Å². The van der Waals surface area contributed by atoms with E-state index in [0.717, 1.165) is 23.4 Å². The molecule has 1 amide bonds. The van der Waals surface area contributed by atoms with Crippen LogP contribution in [0.2, 0.25) is 0 Å². The summed E-state index contributed by atoms with van der Waals surface area (Å²) >= 11 is 0. The third kappa shape index (κ3) is 1.63. The molecule has 0 unspecified atom stereocenters. The third-order valence-corrected chi connectivity index (χ3v) is 3.08. The number of guanidine groups is 1. The fraction of sp³-hybridized carbons (Fsp3) is 0.333. The number of aliphatic imine (C=N–C) groups is 1. The Labute approximate surface area is 99.1 Å².